The van der Waals surface area contributed by atoms with Crippen LogP contribution >= 0.6 is 27.5 Å². The monoisotopic (exact) mass is 318 g/mol. The molecule has 6 heteroatoms. The number of aliphatic hydroxyl groups excluding tert-OH is 1. The Morgan fingerprint density at radius 3 is 2.94 bits per heavy atom. The molecule has 1 aliphatic rings. The number of carbonyl (C=O) groups excluding carboxylic acids is 1. The Hall–Kier alpha value is -0.620. The Morgan fingerprint density at radius 2 is 2.35 bits per heavy atom. The summed E-state index contributed by atoms with van der Waals surface area (Å²) in [4.78, 5) is 11.8. The maximum absolute atomic E-state index is 11.8. The molecule has 0 bridgehead atoms. The summed E-state index contributed by atoms with van der Waals surface area (Å²) in [5.41, 5.74) is 0.645. The summed E-state index contributed by atoms with van der Waals surface area (Å²) in [5.74, 6) is -0.153. The molecule has 1 aliphatic heterocycles. The smallest absolute Gasteiger partial charge is 0.241 e. The highest BCUT2D eigenvalue weighted by Gasteiger charge is 2.27. The van der Waals surface area contributed by atoms with Gasteiger partial charge in [-0.2, -0.15) is 0 Å². The van der Waals surface area contributed by atoms with E-state index in [-0.39, 0.29) is 11.9 Å². The normalized spacial score (nSPS) is 23.7. The van der Waals surface area contributed by atoms with Gasteiger partial charge in [-0.25, -0.2) is 0 Å². The third-order valence-electron chi connectivity index (χ3n) is 2.61. The first-order valence-electron chi connectivity index (χ1n) is 5.23. The van der Waals surface area contributed by atoms with Crippen molar-refractivity contribution < 1.29 is 9.90 Å². The number of rotatable bonds is 2. The van der Waals surface area contributed by atoms with E-state index in [4.69, 9.17) is 11.6 Å². The lowest BCUT2D eigenvalue weighted by Gasteiger charge is -2.11. The minimum Gasteiger partial charge on any atom is -0.392 e. The average molecular weight is 320 g/mol. The van der Waals surface area contributed by atoms with Gasteiger partial charge in [-0.3, -0.25) is 4.79 Å². The van der Waals surface area contributed by atoms with Crippen molar-refractivity contribution in [3.05, 3.63) is 27.7 Å². The third kappa shape index (κ3) is 3.19. The molecule has 1 fully saturated rings. The zero-order valence-electron chi connectivity index (χ0n) is 8.91. The molecule has 1 aromatic carbocycles. The van der Waals surface area contributed by atoms with Gasteiger partial charge < -0.3 is 15.7 Å². The van der Waals surface area contributed by atoms with Crippen molar-refractivity contribution in [2.75, 3.05) is 11.9 Å². The van der Waals surface area contributed by atoms with Crippen LogP contribution in [0, 0.1) is 0 Å². The first kappa shape index (κ1) is 12.8. The number of halogens is 2. The van der Waals surface area contributed by atoms with Crippen molar-refractivity contribution in [2.24, 2.45) is 0 Å². The second-order valence-corrected chi connectivity index (χ2v) is 5.23. The predicted molar refractivity (Wildman–Crippen MR) is 70.2 cm³/mol. The molecular weight excluding hydrogens is 307 g/mol. The first-order valence-corrected chi connectivity index (χ1v) is 6.40. The molecular formula is C11H12BrClN2O2. The molecule has 0 aliphatic carbocycles. The lowest BCUT2D eigenvalue weighted by molar-refractivity contribution is -0.117. The van der Waals surface area contributed by atoms with Crippen LogP contribution < -0.4 is 10.6 Å². The van der Waals surface area contributed by atoms with E-state index in [0.29, 0.717) is 23.7 Å². The third-order valence-corrected chi connectivity index (χ3v) is 3.84. The molecule has 2 unspecified atom stereocenters. The van der Waals surface area contributed by atoms with Gasteiger partial charge in [0.05, 0.1) is 17.2 Å². The predicted octanol–water partition coefficient (Wildman–Crippen LogP) is 1.76. The lowest BCUT2D eigenvalue weighted by atomic mass is 10.2. The zero-order chi connectivity index (χ0) is 12.4. The molecule has 1 aromatic rings. The summed E-state index contributed by atoms with van der Waals surface area (Å²) < 4.78 is 0.784. The highest BCUT2D eigenvalue weighted by atomic mass is 79.9. The molecule has 4 nitrogen and oxygen atoms in total. The fourth-order valence-corrected chi connectivity index (χ4v) is 2.15. The molecule has 2 rings (SSSR count). The Balaban J connectivity index is 2.00. The SMILES string of the molecule is O=C(Nc1ccc(Br)c(Cl)c1)C1CC(O)CN1. The number of nitrogens with one attached hydrogen (secondary N) is 2. The summed E-state index contributed by atoms with van der Waals surface area (Å²) in [5, 5.41) is 15.6. The number of hydrogen-bond donors (Lipinski definition) is 3. The van der Waals surface area contributed by atoms with Gasteiger partial charge in [0, 0.05) is 16.7 Å². The van der Waals surface area contributed by atoms with Crippen LogP contribution in [0.25, 0.3) is 0 Å². The van der Waals surface area contributed by atoms with E-state index in [1.807, 2.05) is 0 Å². The molecule has 1 heterocycles. The number of hydrogen-bond acceptors (Lipinski definition) is 3. The number of β-amino-alcohol motifs (C(OH)–C–C–N with tert-alkyl or cyclic N) is 1. The van der Waals surface area contributed by atoms with Crippen LogP contribution in [0.1, 0.15) is 6.42 Å². The van der Waals surface area contributed by atoms with Crippen molar-refractivity contribution >= 4 is 39.1 Å². The van der Waals surface area contributed by atoms with Crippen molar-refractivity contribution in [1.29, 1.82) is 0 Å². The molecule has 3 N–H and O–H groups in total. The van der Waals surface area contributed by atoms with Crippen molar-refractivity contribution in [2.45, 2.75) is 18.6 Å². The van der Waals surface area contributed by atoms with Crippen LogP contribution in [0.3, 0.4) is 0 Å². The molecule has 17 heavy (non-hydrogen) atoms. The van der Waals surface area contributed by atoms with E-state index in [1.165, 1.54) is 0 Å². The van der Waals surface area contributed by atoms with Gasteiger partial charge in [0.1, 0.15) is 0 Å². The van der Waals surface area contributed by atoms with Gasteiger partial charge in [-0.05, 0) is 40.5 Å². The van der Waals surface area contributed by atoms with Gasteiger partial charge in [-0.1, -0.05) is 11.6 Å². The van der Waals surface area contributed by atoms with E-state index in [1.54, 1.807) is 18.2 Å². The van der Waals surface area contributed by atoms with Crippen molar-refractivity contribution in [3.8, 4) is 0 Å². The van der Waals surface area contributed by atoms with Gasteiger partial charge in [-0.15, -0.1) is 0 Å². The van der Waals surface area contributed by atoms with Crippen molar-refractivity contribution in [3.63, 3.8) is 0 Å². The number of carbonyl (C=O) groups is 1. The quantitative estimate of drug-likeness (QED) is 0.778. The minimum absolute atomic E-state index is 0.153. The van der Waals surface area contributed by atoms with E-state index < -0.39 is 6.10 Å². The maximum atomic E-state index is 11.8. The van der Waals surface area contributed by atoms with Crippen LogP contribution in [0.2, 0.25) is 5.02 Å². The van der Waals surface area contributed by atoms with Crippen molar-refractivity contribution in [1.82, 2.24) is 5.32 Å². The van der Waals surface area contributed by atoms with E-state index in [0.717, 1.165) is 4.47 Å². The van der Waals surface area contributed by atoms with Crippen LogP contribution in [0.4, 0.5) is 5.69 Å². The molecule has 0 aromatic heterocycles. The Kier molecular flexibility index (Phi) is 4.04. The van der Waals surface area contributed by atoms with Crippen LogP contribution in [-0.4, -0.2) is 29.7 Å². The largest absolute Gasteiger partial charge is 0.392 e. The van der Waals surface area contributed by atoms with Crippen LogP contribution in [0.5, 0.6) is 0 Å². The molecule has 0 spiro atoms. The van der Waals surface area contributed by atoms with E-state index in [2.05, 4.69) is 26.6 Å². The van der Waals surface area contributed by atoms with Crippen LogP contribution in [-0.2, 0) is 4.79 Å². The van der Waals surface area contributed by atoms with E-state index >= 15 is 0 Å². The Morgan fingerprint density at radius 1 is 1.59 bits per heavy atom. The molecule has 0 radical (unpaired) electrons. The number of benzene rings is 1. The second kappa shape index (κ2) is 5.35. The van der Waals surface area contributed by atoms with Gasteiger partial charge >= 0.3 is 0 Å². The maximum Gasteiger partial charge on any atom is 0.241 e. The second-order valence-electron chi connectivity index (χ2n) is 3.97. The fraction of sp³-hybridized carbons (Fsp3) is 0.364. The molecule has 0 saturated carbocycles. The van der Waals surface area contributed by atoms with Gasteiger partial charge in [0.15, 0.2) is 0 Å². The molecule has 1 amide bonds. The zero-order valence-corrected chi connectivity index (χ0v) is 11.3. The Bertz CT molecular complexity index is 441. The summed E-state index contributed by atoms with van der Waals surface area (Å²) >= 11 is 9.21. The van der Waals surface area contributed by atoms with Gasteiger partial charge in [0.2, 0.25) is 5.91 Å². The first-order chi connectivity index (χ1) is 8.06. The highest BCUT2D eigenvalue weighted by molar-refractivity contribution is 9.10. The lowest BCUT2D eigenvalue weighted by Crippen LogP contribution is -2.35. The molecule has 2 atom stereocenters. The van der Waals surface area contributed by atoms with Crippen LogP contribution in [0.15, 0.2) is 22.7 Å². The number of anilines is 1. The fourth-order valence-electron chi connectivity index (χ4n) is 1.72. The average Bonchev–Trinajstić information content (AvgIpc) is 2.70. The summed E-state index contributed by atoms with van der Waals surface area (Å²) in [6, 6.07) is 4.87. The summed E-state index contributed by atoms with van der Waals surface area (Å²) in [7, 11) is 0. The number of aliphatic hydroxyl groups is 1. The minimum atomic E-state index is -0.445. The van der Waals surface area contributed by atoms with E-state index in [9.17, 15) is 9.90 Å². The number of amides is 1. The summed E-state index contributed by atoms with van der Waals surface area (Å²) in [6.07, 6.45) is -0.00456. The molecule has 92 valence electrons. The summed E-state index contributed by atoms with van der Waals surface area (Å²) in [6.45, 7) is 0.458. The topological polar surface area (TPSA) is 61.4 Å². The standard InChI is InChI=1S/C11H12BrClN2O2/c12-8-2-1-6(3-9(8)13)15-11(17)10-4-7(16)5-14-10/h1-3,7,10,14,16H,4-5H2,(H,15,17). The Labute approximate surface area is 112 Å². The highest BCUT2D eigenvalue weighted by Crippen LogP contribution is 2.25. The molecule has 1 saturated heterocycles. The van der Waals surface area contributed by atoms with Gasteiger partial charge in [0.25, 0.3) is 0 Å².